The molecular weight excluding hydrogens is 366 g/mol. The molecule has 3 aliphatic rings. The average Bonchev–Trinajstić information content (AvgIpc) is 3.46. The van der Waals surface area contributed by atoms with Crippen LogP contribution in [-0.4, -0.2) is 72.5 Å². The zero-order chi connectivity index (χ0) is 19.2. The summed E-state index contributed by atoms with van der Waals surface area (Å²) in [5.41, 5.74) is 0. The summed E-state index contributed by atoms with van der Waals surface area (Å²) in [7, 11) is 0. The molecule has 1 atom stereocenters. The van der Waals surface area contributed by atoms with Gasteiger partial charge in [-0.3, -0.25) is 4.79 Å². The van der Waals surface area contributed by atoms with Crippen molar-refractivity contribution in [3.8, 4) is 0 Å². The molecule has 0 N–H and O–H groups in total. The van der Waals surface area contributed by atoms with Crippen LogP contribution in [-0.2, 0) is 0 Å². The Morgan fingerprint density at radius 2 is 1.86 bits per heavy atom. The van der Waals surface area contributed by atoms with Crippen molar-refractivity contribution in [2.75, 3.05) is 45.8 Å². The molecule has 3 heterocycles. The van der Waals surface area contributed by atoms with Crippen molar-refractivity contribution in [3.05, 3.63) is 22.4 Å². The molecule has 0 aromatic carbocycles. The number of piperidine rings is 2. The fourth-order valence-electron chi connectivity index (χ4n) is 5.44. The molecule has 3 fully saturated rings. The van der Waals surface area contributed by atoms with Crippen molar-refractivity contribution in [3.63, 3.8) is 0 Å². The Morgan fingerprint density at radius 3 is 2.61 bits per heavy atom. The minimum absolute atomic E-state index is 0.255. The lowest BCUT2D eigenvalue weighted by Gasteiger charge is -2.39. The fourth-order valence-corrected chi connectivity index (χ4v) is 6.13. The molecule has 2 saturated heterocycles. The Balaban J connectivity index is 1.36. The predicted octanol–water partition coefficient (Wildman–Crippen LogP) is 4.33. The molecule has 1 amide bonds. The lowest BCUT2D eigenvalue weighted by Crippen LogP contribution is -2.47. The van der Waals surface area contributed by atoms with Gasteiger partial charge < -0.3 is 14.7 Å². The number of nitrogens with zero attached hydrogens (tertiary/aromatic N) is 3. The van der Waals surface area contributed by atoms with Crippen LogP contribution in [0.1, 0.15) is 67.5 Å². The van der Waals surface area contributed by atoms with E-state index in [1.54, 1.807) is 11.3 Å². The Labute approximate surface area is 174 Å². The first-order chi connectivity index (χ1) is 13.8. The van der Waals surface area contributed by atoms with Crippen LogP contribution in [0, 0.1) is 5.92 Å². The average molecular weight is 404 g/mol. The first-order valence-corrected chi connectivity index (χ1v) is 12.5. The van der Waals surface area contributed by atoms with E-state index >= 15 is 0 Å². The van der Waals surface area contributed by atoms with Crippen LogP contribution in [0.5, 0.6) is 0 Å². The van der Waals surface area contributed by atoms with Gasteiger partial charge in [-0.1, -0.05) is 25.3 Å². The molecule has 4 rings (SSSR count). The van der Waals surface area contributed by atoms with Gasteiger partial charge in [-0.15, -0.1) is 11.3 Å². The number of hydrogen-bond acceptors (Lipinski definition) is 4. The van der Waals surface area contributed by atoms with Gasteiger partial charge in [0.2, 0.25) is 0 Å². The molecule has 0 spiro atoms. The first kappa shape index (κ1) is 20.4. The summed E-state index contributed by atoms with van der Waals surface area (Å²) >= 11 is 1.59. The SMILES string of the molecule is O=C(c1cccs1)N(CCN1CCCCC1)C[C@H]1CCCN(C2CCCC2)C1. The first-order valence-electron chi connectivity index (χ1n) is 11.6. The highest BCUT2D eigenvalue weighted by Gasteiger charge is 2.30. The summed E-state index contributed by atoms with van der Waals surface area (Å²) < 4.78 is 0. The zero-order valence-electron chi connectivity index (χ0n) is 17.4. The van der Waals surface area contributed by atoms with E-state index in [-0.39, 0.29) is 5.91 Å². The van der Waals surface area contributed by atoms with E-state index in [4.69, 9.17) is 0 Å². The number of carbonyl (C=O) groups is 1. The Kier molecular flexibility index (Phi) is 7.43. The minimum atomic E-state index is 0.255. The summed E-state index contributed by atoms with van der Waals surface area (Å²) in [4.78, 5) is 21.6. The van der Waals surface area contributed by atoms with Crippen LogP contribution in [0.15, 0.2) is 17.5 Å². The molecule has 156 valence electrons. The van der Waals surface area contributed by atoms with Gasteiger partial charge >= 0.3 is 0 Å². The van der Waals surface area contributed by atoms with Crippen LogP contribution in [0.3, 0.4) is 0 Å². The van der Waals surface area contributed by atoms with Crippen LogP contribution < -0.4 is 0 Å². The van der Waals surface area contributed by atoms with Crippen molar-refractivity contribution in [1.82, 2.24) is 14.7 Å². The Hall–Kier alpha value is -0.910. The normalized spacial score (nSPS) is 25.2. The molecule has 28 heavy (non-hydrogen) atoms. The molecule has 0 bridgehead atoms. The second-order valence-electron chi connectivity index (χ2n) is 9.07. The van der Waals surface area contributed by atoms with Crippen molar-refractivity contribution >= 4 is 17.2 Å². The third kappa shape index (κ3) is 5.37. The van der Waals surface area contributed by atoms with Crippen LogP contribution >= 0.6 is 11.3 Å². The largest absolute Gasteiger partial charge is 0.336 e. The van der Waals surface area contributed by atoms with Crippen LogP contribution in [0.25, 0.3) is 0 Å². The van der Waals surface area contributed by atoms with E-state index in [0.717, 1.165) is 30.6 Å². The third-order valence-electron chi connectivity index (χ3n) is 7.02. The van der Waals surface area contributed by atoms with Crippen LogP contribution in [0.4, 0.5) is 0 Å². The highest BCUT2D eigenvalue weighted by molar-refractivity contribution is 7.12. The van der Waals surface area contributed by atoms with Crippen LogP contribution in [0.2, 0.25) is 0 Å². The highest BCUT2D eigenvalue weighted by Crippen LogP contribution is 2.28. The Morgan fingerprint density at radius 1 is 1.04 bits per heavy atom. The number of hydrogen-bond donors (Lipinski definition) is 0. The molecule has 1 aliphatic carbocycles. The fraction of sp³-hybridized carbons (Fsp3) is 0.783. The molecule has 1 aromatic rings. The topological polar surface area (TPSA) is 26.8 Å². The summed E-state index contributed by atoms with van der Waals surface area (Å²) in [5.74, 6) is 0.893. The second kappa shape index (κ2) is 10.2. The van der Waals surface area contributed by atoms with Gasteiger partial charge in [0.05, 0.1) is 4.88 Å². The number of amides is 1. The number of carbonyl (C=O) groups excluding carboxylic acids is 1. The van der Waals surface area contributed by atoms with E-state index in [1.807, 2.05) is 17.5 Å². The summed E-state index contributed by atoms with van der Waals surface area (Å²) in [6.45, 7) is 7.75. The van der Waals surface area contributed by atoms with Gasteiger partial charge in [-0.05, 0) is 75.5 Å². The van der Waals surface area contributed by atoms with Gasteiger partial charge in [0.15, 0.2) is 0 Å². The van der Waals surface area contributed by atoms with Gasteiger partial charge in [0.1, 0.15) is 0 Å². The summed E-state index contributed by atoms with van der Waals surface area (Å²) in [6.07, 6.45) is 12.2. The molecule has 0 radical (unpaired) electrons. The second-order valence-corrected chi connectivity index (χ2v) is 10.0. The molecule has 0 unspecified atom stereocenters. The molecular formula is C23H37N3OS. The maximum absolute atomic E-state index is 13.2. The lowest BCUT2D eigenvalue weighted by atomic mass is 9.95. The highest BCUT2D eigenvalue weighted by atomic mass is 32.1. The predicted molar refractivity (Wildman–Crippen MR) is 117 cm³/mol. The maximum atomic E-state index is 13.2. The lowest BCUT2D eigenvalue weighted by molar-refractivity contribution is 0.0614. The van der Waals surface area contributed by atoms with Gasteiger partial charge in [0.25, 0.3) is 5.91 Å². The standard InChI is InChI=1S/C23H37N3OS/c27-23(22-11-7-17-28-22)26(16-15-24-12-4-1-5-13-24)19-20-8-6-14-25(18-20)21-9-2-3-10-21/h7,11,17,20-21H,1-6,8-10,12-16,18-19H2/t20-/m0/s1. The third-order valence-corrected chi connectivity index (χ3v) is 7.88. The van der Waals surface area contributed by atoms with E-state index in [9.17, 15) is 4.79 Å². The number of thiophene rings is 1. The molecule has 4 nitrogen and oxygen atoms in total. The molecule has 1 aromatic heterocycles. The monoisotopic (exact) mass is 403 g/mol. The maximum Gasteiger partial charge on any atom is 0.263 e. The Bertz CT molecular complexity index is 593. The minimum Gasteiger partial charge on any atom is -0.336 e. The van der Waals surface area contributed by atoms with Crippen molar-refractivity contribution < 1.29 is 4.79 Å². The van der Waals surface area contributed by atoms with Gasteiger partial charge in [-0.2, -0.15) is 0 Å². The molecule has 5 heteroatoms. The smallest absolute Gasteiger partial charge is 0.263 e. The van der Waals surface area contributed by atoms with Gasteiger partial charge in [-0.25, -0.2) is 0 Å². The van der Waals surface area contributed by atoms with E-state index in [0.29, 0.717) is 5.92 Å². The number of likely N-dealkylation sites (tertiary alicyclic amines) is 2. The van der Waals surface area contributed by atoms with E-state index in [2.05, 4.69) is 14.7 Å². The quantitative estimate of drug-likeness (QED) is 0.678. The zero-order valence-corrected chi connectivity index (χ0v) is 18.2. The summed E-state index contributed by atoms with van der Waals surface area (Å²) in [5, 5.41) is 2.03. The molecule has 2 aliphatic heterocycles. The number of rotatable bonds is 7. The van der Waals surface area contributed by atoms with Crippen molar-refractivity contribution in [2.24, 2.45) is 5.92 Å². The summed E-state index contributed by atoms with van der Waals surface area (Å²) in [6, 6.07) is 4.81. The molecule has 1 saturated carbocycles. The van der Waals surface area contributed by atoms with E-state index in [1.165, 1.54) is 84.0 Å². The van der Waals surface area contributed by atoms with Gasteiger partial charge in [0, 0.05) is 32.2 Å². The van der Waals surface area contributed by atoms with Crippen molar-refractivity contribution in [2.45, 2.75) is 63.8 Å². The van der Waals surface area contributed by atoms with Crippen molar-refractivity contribution in [1.29, 1.82) is 0 Å². The van der Waals surface area contributed by atoms with E-state index < -0.39 is 0 Å².